The van der Waals surface area contributed by atoms with Crippen molar-refractivity contribution in [2.45, 2.75) is 40.0 Å². The van der Waals surface area contributed by atoms with Gasteiger partial charge < -0.3 is 5.32 Å². The predicted octanol–water partition coefficient (Wildman–Crippen LogP) is 3.35. The zero-order valence-electron chi connectivity index (χ0n) is 11.7. The summed E-state index contributed by atoms with van der Waals surface area (Å²) < 4.78 is 0. The van der Waals surface area contributed by atoms with Crippen molar-refractivity contribution in [1.82, 2.24) is 5.32 Å². The van der Waals surface area contributed by atoms with Gasteiger partial charge in [-0.05, 0) is 29.9 Å². The molecule has 0 aliphatic heterocycles. The van der Waals surface area contributed by atoms with Crippen molar-refractivity contribution in [3.8, 4) is 0 Å². The second-order valence-corrected chi connectivity index (χ2v) is 5.09. The molecule has 2 heteroatoms. The van der Waals surface area contributed by atoms with Crippen LogP contribution in [-0.4, -0.2) is 12.5 Å². The van der Waals surface area contributed by atoms with Crippen LogP contribution >= 0.6 is 0 Å². The highest BCUT2D eigenvalue weighted by molar-refractivity contribution is 5.88. The number of hydrogen-bond donors (Lipinski definition) is 1. The normalized spacial score (nSPS) is 10.7. The Labute approximate surface area is 111 Å². The molecule has 0 atom stereocenters. The van der Waals surface area contributed by atoms with Crippen molar-refractivity contribution >= 4 is 5.91 Å². The molecule has 0 saturated heterocycles. The van der Waals surface area contributed by atoms with Crippen LogP contribution in [0.2, 0.25) is 0 Å². The van der Waals surface area contributed by atoms with Crippen molar-refractivity contribution in [1.29, 1.82) is 0 Å². The van der Waals surface area contributed by atoms with Gasteiger partial charge in [0, 0.05) is 6.54 Å². The van der Waals surface area contributed by atoms with E-state index in [-0.39, 0.29) is 5.91 Å². The van der Waals surface area contributed by atoms with E-state index in [0.29, 0.717) is 5.92 Å². The number of nitrogens with one attached hydrogen (secondary N) is 1. The third-order valence-electron chi connectivity index (χ3n) is 2.80. The molecule has 1 radical (unpaired) electrons. The average molecular weight is 246 g/mol. The smallest absolute Gasteiger partial charge is 0.228 e. The Bertz CT molecular complexity index is 371. The molecular weight excluding hydrogens is 222 g/mol. The molecular formula is C16H24NO. The lowest BCUT2D eigenvalue weighted by Gasteiger charge is -2.11. The number of hydrogen-bond acceptors (Lipinski definition) is 1. The first kappa shape index (κ1) is 14.7. The average Bonchev–Trinajstić information content (AvgIpc) is 2.31. The summed E-state index contributed by atoms with van der Waals surface area (Å²) in [4.78, 5) is 11.8. The first-order valence-corrected chi connectivity index (χ1v) is 6.84. The minimum atomic E-state index is 0.0136. The van der Waals surface area contributed by atoms with Gasteiger partial charge in [0.25, 0.3) is 0 Å². The Morgan fingerprint density at radius 2 is 2.06 bits per heavy atom. The second kappa shape index (κ2) is 7.91. The fourth-order valence-electron chi connectivity index (χ4n) is 1.88. The summed E-state index contributed by atoms with van der Waals surface area (Å²) >= 11 is 0. The SMILES string of the molecule is CCCCNC(=O)[CH]c1ccccc1CC(C)C. The minimum absolute atomic E-state index is 0.0136. The molecule has 0 aliphatic rings. The van der Waals surface area contributed by atoms with E-state index >= 15 is 0 Å². The van der Waals surface area contributed by atoms with E-state index in [1.165, 1.54) is 5.56 Å². The summed E-state index contributed by atoms with van der Waals surface area (Å²) in [5.74, 6) is 0.613. The Morgan fingerprint density at radius 3 is 2.72 bits per heavy atom. The van der Waals surface area contributed by atoms with Crippen molar-refractivity contribution < 1.29 is 4.79 Å². The van der Waals surface area contributed by atoms with Gasteiger partial charge in [-0.15, -0.1) is 0 Å². The number of benzene rings is 1. The van der Waals surface area contributed by atoms with E-state index in [2.05, 4.69) is 32.2 Å². The maximum absolute atomic E-state index is 11.8. The molecule has 1 N–H and O–H groups in total. The molecule has 0 aromatic heterocycles. The number of amides is 1. The minimum Gasteiger partial charge on any atom is -0.356 e. The molecule has 18 heavy (non-hydrogen) atoms. The molecule has 1 amide bonds. The number of carbonyl (C=O) groups is 1. The van der Waals surface area contributed by atoms with Crippen LogP contribution in [0.3, 0.4) is 0 Å². The predicted molar refractivity (Wildman–Crippen MR) is 76.3 cm³/mol. The molecule has 1 aromatic rings. The number of rotatable bonds is 7. The van der Waals surface area contributed by atoms with E-state index in [4.69, 9.17) is 0 Å². The van der Waals surface area contributed by atoms with Gasteiger partial charge in [-0.3, -0.25) is 4.79 Å². The first-order valence-electron chi connectivity index (χ1n) is 6.84. The highest BCUT2D eigenvalue weighted by Gasteiger charge is 2.08. The third kappa shape index (κ3) is 5.35. The Kier molecular flexibility index (Phi) is 6.48. The number of unbranched alkanes of at least 4 members (excludes halogenated alkanes) is 1. The van der Waals surface area contributed by atoms with Crippen LogP contribution in [0.5, 0.6) is 0 Å². The quantitative estimate of drug-likeness (QED) is 0.734. The van der Waals surface area contributed by atoms with Crippen LogP contribution < -0.4 is 5.32 Å². The van der Waals surface area contributed by atoms with Crippen molar-refractivity contribution in [3.63, 3.8) is 0 Å². The highest BCUT2D eigenvalue weighted by atomic mass is 16.1. The van der Waals surface area contributed by atoms with Crippen LogP contribution in [0.25, 0.3) is 0 Å². The molecule has 0 heterocycles. The topological polar surface area (TPSA) is 29.1 Å². The molecule has 0 bridgehead atoms. The van der Waals surface area contributed by atoms with Gasteiger partial charge in [-0.25, -0.2) is 0 Å². The van der Waals surface area contributed by atoms with E-state index in [1.54, 1.807) is 6.42 Å². The molecule has 1 aromatic carbocycles. The lowest BCUT2D eigenvalue weighted by Crippen LogP contribution is -2.25. The summed E-state index contributed by atoms with van der Waals surface area (Å²) in [5, 5.41) is 2.92. The molecule has 0 saturated carbocycles. The van der Waals surface area contributed by atoms with Crippen molar-refractivity contribution in [3.05, 3.63) is 41.8 Å². The third-order valence-corrected chi connectivity index (χ3v) is 2.80. The molecule has 99 valence electrons. The lowest BCUT2D eigenvalue weighted by atomic mass is 9.96. The standard InChI is InChI=1S/C16H24NO/c1-4-5-10-17-16(18)12-15-9-7-6-8-14(15)11-13(2)3/h6-9,12-13H,4-5,10-11H2,1-3H3,(H,17,18). The fraction of sp³-hybridized carbons (Fsp3) is 0.500. The summed E-state index contributed by atoms with van der Waals surface area (Å²) in [5.41, 5.74) is 2.29. The molecule has 0 spiro atoms. The summed E-state index contributed by atoms with van der Waals surface area (Å²) in [6, 6.07) is 8.13. The Balaban J connectivity index is 2.57. The summed E-state index contributed by atoms with van der Waals surface area (Å²) in [6.45, 7) is 7.27. The van der Waals surface area contributed by atoms with E-state index < -0.39 is 0 Å². The Morgan fingerprint density at radius 1 is 1.33 bits per heavy atom. The van der Waals surface area contributed by atoms with Gasteiger partial charge in [0.2, 0.25) is 5.91 Å². The monoisotopic (exact) mass is 246 g/mol. The van der Waals surface area contributed by atoms with Crippen LogP contribution in [0.15, 0.2) is 24.3 Å². The van der Waals surface area contributed by atoms with Gasteiger partial charge in [-0.2, -0.15) is 0 Å². The molecule has 0 unspecified atom stereocenters. The summed E-state index contributed by atoms with van der Waals surface area (Å²) in [7, 11) is 0. The van der Waals surface area contributed by atoms with Gasteiger partial charge in [-0.1, -0.05) is 51.5 Å². The van der Waals surface area contributed by atoms with E-state index in [9.17, 15) is 4.79 Å². The van der Waals surface area contributed by atoms with Crippen LogP contribution in [0, 0.1) is 12.3 Å². The molecule has 2 nitrogen and oxygen atoms in total. The largest absolute Gasteiger partial charge is 0.356 e. The lowest BCUT2D eigenvalue weighted by molar-refractivity contribution is -0.117. The van der Waals surface area contributed by atoms with Crippen LogP contribution in [0.4, 0.5) is 0 Å². The van der Waals surface area contributed by atoms with Gasteiger partial charge >= 0.3 is 0 Å². The van der Waals surface area contributed by atoms with Crippen molar-refractivity contribution in [2.75, 3.05) is 6.54 Å². The van der Waals surface area contributed by atoms with Gasteiger partial charge in [0.15, 0.2) is 0 Å². The molecule has 0 fully saturated rings. The highest BCUT2D eigenvalue weighted by Crippen LogP contribution is 2.15. The Hall–Kier alpha value is -1.31. The summed E-state index contributed by atoms with van der Waals surface area (Å²) in [6.07, 6.45) is 4.86. The first-order chi connectivity index (χ1) is 8.63. The van der Waals surface area contributed by atoms with E-state index in [1.807, 2.05) is 18.2 Å². The maximum Gasteiger partial charge on any atom is 0.228 e. The van der Waals surface area contributed by atoms with E-state index in [0.717, 1.165) is 31.4 Å². The number of carbonyl (C=O) groups excluding carboxylic acids is 1. The van der Waals surface area contributed by atoms with Gasteiger partial charge in [0.05, 0.1) is 6.42 Å². The maximum atomic E-state index is 11.8. The zero-order chi connectivity index (χ0) is 13.4. The second-order valence-electron chi connectivity index (χ2n) is 5.09. The van der Waals surface area contributed by atoms with Crippen LogP contribution in [0.1, 0.15) is 44.7 Å². The zero-order valence-corrected chi connectivity index (χ0v) is 11.7. The fourth-order valence-corrected chi connectivity index (χ4v) is 1.88. The molecule has 0 aliphatic carbocycles. The van der Waals surface area contributed by atoms with Gasteiger partial charge in [0.1, 0.15) is 0 Å². The molecule has 1 rings (SSSR count). The van der Waals surface area contributed by atoms with Crippen LogP contribution in [-0.2, 0) is 11.2 Å². The van der Waals surface area contributed by atoms with Crippen molar-refractivity contribution in [2.24, 2.45) is 5.92 Å².